The molecule has 0 spiro atoms. The molecular weight excluding hydrogens is 320 g/mol. The molecule has 1 amide bonds. The SMILES string of the molecule is Cc1cc(C(N)=O)c(-c2c(C)nsc2C)c(-c2ccc(O)cc2)c1. The van der Waals surface area contributed by atoms with Gasteiger partial charge in [0.15, 0.2) is 0 Å². The molecule has 0 radical (unpaired) electrons. The summed E-state index contributed by atoms with van der Waals surface area (Å²) in [5, 5.41) is 9.56. The van der Waals surface area contributed by atoms with Gasteiger partial charge in [0.1, 0.15) is 5.75 Å². The molecule has 0 bridgehead atoms. The van der Waals surface area contributed by atoms with E-state index in [0.29, 0.717) is 5.56 Å². The molecule has 0 atom stereocenters. The summed E-state index contributed by atoms with van der Waals surface area (Å²) in [6.45, 7) is 5.86. The number of phenols is 1. The van der Waals surface area contributed by atoms with E-state index in [0.717, 1.165) is 38.4 Å². The molecular formula is C19H18N2O2S. The largest absolute Gasteiger partial charge is 0.508 e. The Bertz CT molecular complexity index is 908. The van der Waals surface area contributed by atoms with Crippen LogP contribution in [0.25, 0.3) is 22.3 Å². The van der Waals surface area contributed by atoms with Crippen molar-refractivity contribution in [2.75, 3.05) is 0 Å². The summed E-state index contributed by atoms with van der Waals surface area (Å²) in [5.74, 6) is -0.258. The lowest BCUT2D eigenvalue weighted by molar-refractivity contribution is 0.100. The number of amides is 1. The van der Waals surface area contributed by atoms with E-state index >= 15 is 0 Å². The van der Waals surface area contributed by atoms with Crippen molar-refractivity contribution in [3.05, 3.63) is 58.1 Å². The van der Waals surface area contributed by atoms with Crippen LogP contribution in [-0.2, 0) is 0 Å². The number of aromatic hydroxyl groups is 1. The highest BCUT2D eigenvalue weighted by atomic mass is 32.1. The number of aryl methyl sites for hydroxylation is 3. The minimum absolute atomic E-state index is 0.202. The van der Waals surface area contributed by atoms with Crippen molar-refractivity contribution in [2.24, 2.45) is 5.73 Å². The van der Waals surface area contributed by atoms with Gasteiger partial charge in [-0.3, -0.25) is 4.79 Å². The lowest BCUT2D eigenvalue weighted by Crippen LogP contribution is -2.13. The molecule has 3 rings (SSSR count). The molecule has 24 heavy (non-hydrogen) atoms. The molecule has 0 aliphatic carbocycles. The van der Waals surface area contributed by atoms with E-state index in [4.69, 9.17) is 5.73 Å². The summed E-state index contributed by atoms with van der Waals surface area (Å²) < 4.78 is 4.41. The Morgan fingerprint density at radius 1 is 1.08 bits per heavy atom. The molecule has 0 unspecified atom stereocenters. The van der Waals surface area contributed by atoms with Crippen LogP contribution < -0.4 is 5.73 Å². The van der Waals surface area contributed by atoms with Gasteiger partial charge in [-0.05, 0) is 67.2 Å². The maximum Gasteiger partial charge on any atom is 0.249 e. The number of carbonyl (C=O) groups excluding carboxylic acids is 1. The van der Waals surface area contributed by atoms with E-state index in [1.807, 2.05) is 45.0 Å². The third-order valence-electron chi connectivity index (χ3n) is 4.01. The van der Waals surface area contributed by atoms with Gasteiger partial charge in [0, 0.05) is 21.6 Å². The molecule has 4 nitrogen and oxygen atoms in total. The number of primary amides is 1. The van der Waals surface area contributed by atoms with E-state index < -0.39 is 5.91 Å². The highest BCUT2D eigenvalue weighted by Crippen LogP contribution is 2.40. The summed E-state index contributed by atoms with van der Waals surface area (Å²) in [6.07, 6.45) is 0. The van der Waals surface area contributed by atoms with Crippen LogP contribution in [-0.4, -0.2) is 15.4 Å². The predicted molar refractivity (Wildman–Crippen MR) is 97.4 cm³/mol. The Balaban J connectivity index is 2.40. The predicted octanol–water partition coefficient (Wildman–Crippen LogP) is 4.21. The van der Waals surface area contributed by atoms with Crippen LogP contribution in [0.15, 0.2) is 36.4 Å². The quantitative estimate of drug-likeness (QED) is 0.751. The number of phenolic OH excluding ortho intramolecular Hbond substituents is 1. The van der Waals surface area contributed by atoms with Gasteiger partial charge in [-0.25, -0.2) is 0 Å². The standard InChI is InChI=1S/C19H18N2O2S/c1-10-8-15(13-4-6-14(22)7-5-13)18(16(9-10)19(20)23)17-11(2)21-24-12(17)3/h4-9,22H,1-3H3,(H2,20,23). The van der Waals surface area contributed by atoms with Crippen molar-refractivity contribution in [3.63, 3.8) is 0 Å². The minimum atomic E-state index is -0.460. The van der Waals surface area contributed by atoms with Crippen LogP contribution in [0.5, 0.6) is 5.75 Å². The zero-order valence-electron chi connectivity index (χ0n) is 13.8. The van der Waals surface area contributed by atoms with Gasteiger partial charge in [0.05, 0.1) is 5.69 Å². The van der Waals surface area contributed by atoms with Crippen LogP contribution >= 0.6 is 11.5 Å². The zero-order valence-corrected chi connectivity index (χ0v) is 14.6. The smallest absolute Gasteiger partial charge is 0.249 e. The second-order valence-electron chi connectivity index (χ2n) is 5.85. The molecule has 0 aliphatic heterocycles. The van der Waals surface area contributed by atoms with Gasteiger partial charge in [-0.15, -0.1) is 0 Å². The Morgan fingerprint density at radius 2 is 1.75 bits per heavy atom. The molecule has 3 aromatic rings. The van der Waals surface area contributed by atoms with E-state index in [-0.39, 0.29) is 5.75 Å². The third-order valence-corrected chi connectivity index (χ3v) is 4.85. The number of nitrogens with two attached hydrogens (primary N) is 1. The average Bonchev–Trinajstić information content (AvgIpc) is 2.86. The summed E-state index contributed by atoms with van der Waals surface area (Å²) in [4.78, 5) is 13.1. The van der Waals surface area contributed by atoms with Crippen LogP contribution in [0, 0.1) is 20.8 Å². The van der Waals surface area contributed by atoms with Crippen molar-refractivity contribution in [1.82, 2.24) is 4.37 Å². The summed E-state index contributed by atoms with van der Waals surface area (Å²) in [5.41, 5.74) is 11.6. The van der Waals surface area contributed by atoms with Crippen LogP contribution in [0.2, 0.25) is 0 Å². The van der Waals surface area contributed by atoms with E-state index in [2.05, 4.69) is 4.37 Å². The molecule has 0 aliphatic rings. The van der Waals surface area contributed by atoms with Crippen molar-refractivity contribution in [3.8, 4) is 28.0 Å². The highest BCUT2D eigenvalue weighted by molar-refractivity contribution is 7.06. The molecule has 0 saturated heterocycles. The van der Waals surface area contributed by atoms with Crippen molar-refractivity contribution >= 4 is 17.4 Å². The number of nitrogens with zero attached hydrogens (tertiary/aromatic N) is 1. The van der Waals surface area contributed by atoms with Crippen molar-refractivity contribution < 1.29 is 9.90 Å². The maximum absolute atomic E-state index is 12.1. The molecule has 1 heterocycles. The topological polar surface area (TPSA) is 76.2 Å². The first-order valence-corrected chi connectivity index (χ1v) is 8.33. The number of hydrogen-bond acceptors (Lipinski definition) is 4. The average molecular weight is 338 g/mol. The first-order valence-electron chi connectivity index (χ1n) is 7.55. The van der Waals surface area contributed by atoms with E-state index in [1.54, 1.807) is 12.1 Å². The first-order chi connectivity index (χ1) is 11.4. The number of hydrogen-bond donors (Lipinski definition) is 2. The lowest BCUT2D eigenvalue weighted by Gasteiger charge is -2.16. The van der Waals surface area contributed by atoms with Gasteiger partial charge >= 0.3 is 0 Å². The fraction of sp³-hybridized carbons (Fsp3) is 0.158. The number of rotatable bonds is 3. The van der Waals surface area contributed by atoms with Crippen LogP contribution in [0.3, 0.4) is 0 Å². The Kier molecular flexibility index (Phi) is 4.11. The molecule has 122 valence electrons. The first kappa shape index (κ1) is 16.2. The molecule has 0 saturated carbocycles. The second kappa shape index (κ2) is 6.09. The summed E-state index contributed by atoms with van der Waals surface area (Å²) in [6, 6.07) is 10.8. The van der Waals surface area contributed by atoms with E-state index in [9.17, 15) is 9.90 Å². The van der Waals surface area contributed by atoms with Gasteiger partial charge in [-0.1, -0.05) is 18.2 Å². The summed E-state index contributed by atoms with van der Waals surface area (Å²) >= 11 is 1.41. The van der Waals surface area contributed by atoms with Crippen molar-refractivity contribution in [2.45, 2.75) is 20.8 Å². The highest BCUT2D eigenvalue weighted by Gasteiger charge is 2.21. The zero-order chi connectivity index (χ0) is 17.4. The summed E-state index contributed by atoms with van der Waals surface area (Å²) in [7, 11) is 0. The fourth-order valence-electron chi connectivity index (χ4n) is 2.96. The normalized spacial score (nSPS) is 10.8. The van der Waals surface area contributed by atoms with Gasteiger partial charge in [0.25, 0.3) is 0 Å². The van der Waals surface area contributed by atoms with E-state index in [1.165, 1.54) is 11.5 Å². The molecule has 5 heteroatoms. The second-order valence-corrected chi connectivity index (χ2v) is 6.82. The fourth-order valence-corrected chi connectivity index (χ4v) is 3.66. The van der Waals surface area contributed by atoms with Gasteiger partial charge in [-0.2, -0.15) is 4.37 Å². The third kappa shape index (κ3) is 2.78. The number of benzene rings is 2. The minimum Gasteiger partial charge on any atom is -0.508 e. The monoisotopic (exact) mass is 338 g/mol. The van der Waals surface area contributed by atoms with Crippen LogP contribution in [0.1, 0.15) is 26.5 Å². The van der Waals surface area contributed by atoms with Gasteiger partial charge < -0.3 is 10.8 Å². The lowest BCUT2D eigenvalue weighted by atomic mass is 9.88. The Hall–Kier alpha value is -2.66. The maximum atomic E-state index is 12.1. The molecule has 2 aromatic carbocycles. The molecule has 1 aromatic heterocycles. The molecule has 3 N–H and O–H groups in total. The van der Waals surface area contributed by atoms with Crippen molar-refractivity contribution in [1.29, 1.82) is 0 Å². The van der Waals surface area contributed by atoms with Crippen LogP contribution in [0.4, 0.5) is 0 Å². The number of carbonyl (C=O) groups is 1. The number of aromatic nitrogens is 1. The molecule has 0 fully saturated rings. The Morgan fingerprint density at radius 3 is 2.29 bits per heavy atom. The Labute approximate surface area is 144 Å². The van der Waals surface area contributed by atoms with Gasteiger partial charge in [0.2, 0.25) is 5.91 Å².